The van der Waals surface area contributed by atoms with Gasteiger partial charge < -0.3 is 20.2 Å². The van der Waals surface area contributed by atoms with Gasteiger partial charge in [0.15, 0.2) is 5.78 Å². The lowest BCUT2D eigenvalue weighted by Gasteiger charge is -2.39. The van der Waals surface area contributed by atoms with E-state index >= 15 is 0 Å². The number of piperidine rings is 1. The minimum Gasteiger partial charge on any atom is -0.449 e. The number of hydrogen-bond donors (Lipinski definition) is 2. The molecular formula is C28H39N5O5. The van der Waals surface area contributed by atoms with Crippen LogP contribution in [-0.4, -0.2) is 114 Å². The van der Waals surface area contributed by atoms with Crippen LogP contribution in [0.5, 0.6) is 0 Å². The number of amides is 2. The normalized spacial score (nSPS) is 27.7. The molecule has 3 atom stereocenters. The zero-order valence-electron chi connectivity index (χ0n) is 22.3. The van der Waals surface area contributed by atoms with E-state index in [2.05, 4.69) is 10.2 Å². The average molecular weight is 526 g/mol. The highest BCUT2D eigenvalue weighted by Crippen LogP contribution is 2.37. The number of Topliss-reactive ketones (excluding diaryl/α,β-unsaturated/α-hetero) is 1. The van der Waals surface area contributed by atoms with E-state index in [1.165, 1.54) is 5.06 Å². The third kappa shape index (κ3) is 5.63. The summed E-state index contributed by atoms with van der Waals surface area (Å²) in [5.41, 5.74) is 2.09. The Balaban J connectivity index is 1.11. The lowest BCUT2D eigenvalue weighted by molar-refractivity contribution is -0.125. The van der Waals surface area contributed by atoms with Crippen LogP contribution in [0.15, 0.2) is 29.8 Å². The quantitative estimate of drug-likeness (QED) is 0.411. The summed E-state index contributed by atoms with van der Waals surface area (Å²) in [6.45, 7) is 3.07. The van der Waals surface area contributed by atoms with Crippen molar-refractivity contribution in [2.45, 2.75) is 56.3 Å². The molecule has 3 aliphatic heterocycles. The number of nitrogens with one attached hydrogen (secondary N) is 1. The largest absolute Gasteiger partial charge is 0.449 e. The lowest BCUT2D eigenvalue weighted by Crippen LogP contribution is -2.51. The standard InChI is InChI=1S/C28H39N5O5/c1-30(2)25-23-7-4-3-6-19(23)16-24(26(25)34)27(35)29-20-17-21-8-9-22(18-20)33(21)10-5-15-38-28(36)31-11-13-32(37)14-12-31/h3-4,6-7,16,20-22,25,37H,5,8-15,17-18H2,1-2H3,(H,29,35). The van der Waals surface area contributed by atoms with Crippen molar-refractivity contribution in [3.05, 3.63) is 41.0 Å². The van der Waals surface area contributed by atoms with Crippen molar-refractivity contribution < 1.29 is 24.3 Å². The zero-order chi connectivity index (χ0) is 26.8. The van der Waals surface area contributed by atoms with Crippen LogP contribution in [0.4, 0.5) is 4.79 Å². The number of ether oxygens (including phenoxy) is 1. The van der Waals surface area contributed by atoms with E-state index in [1.54, 1.807) is 11.0 Å². The Hall–Kier alpha value is -2.79. The summed E-state index contributed by atoms with van der Waals surface area (Å²) in [4.78, 5) is 44.8. The molecule has 1 aromatic rings. The first-order chi connectivity index (χ1) is 18.3. The second kappa shape index (κ2) is 11.5. The van der Waals surface area contributed by atoms with Crippen LogP contribution in [0, 0.1) is 0 Å². The van der Waals surface area contributed by atoms with Crippen LogP contribution < -0.4 is 5.32 Å². The number of carbonyl (C=O) groups excluding carboxylic acids is 3. The third-order valence-electron chi connectivity index (χ3n) is 8.39. The number of carbonyl (C=O) groups is 3. The van der Waals surface area contributed by atoms with Crippen LogP contribution in [0.25, 0.3) is 6.08 Å². The van der Waals surface area contributed by atoms with Crippen molar-refractivity contribution in [2.24, 2.45) is 0 Å². The van der Waals surface area contributed by atoms with Gasteiger partial charge in [0.25, 0.3) is 5.91 Å². The van der Waals surface area contributed by atoms with Crippen LogP contribution in [0.3, 0.4) is 0 Å². The topological polar surface area (TPSA) is 106 Å². The van der Waals surface area contributed by atoms with Gasteiger partial charge in [-0.1, -0.05) is 24.3 Å². The second-order valence-corrected chi connectivity index (χ2v) is 11.1. The number of likely N-dealkylation sites (N-methyl/N-ethyl adjacent to an activating group) is 1. The molecule has 1 aliphatic carbocycles. The van der Waals surface area contributed by atoms with Crippen molar-refractivity contribution in [3.63, 3.8) is 0 Å². The fraction of sp³-hybridized carbons (Fsp3) is 0.607. The zero-order valence-corrected chi connectivity index (χ0v) is 22.3. The maximum atomic E-state index is 13.3. The number of ketones is 1. The van der Waals surface area contributed by atoms with E-state index in [1.807, 2.05) is 43.3 Å². The number of fused-ring (bicyclic) bond motifs is 3. The molecule has 2 bridgehead atoms. The second-order valence-electron chi connectivity index (χ2n) is 11.1. The van der Waals surface area contributed by atoms with Gasteiger partial charge >= 0.3 is 6.09 Å². The van der Waals surface area contributed by atoms with Crippen molar-refractivity contribution >= 4 is 23.9 Å². The van der Waals surface area contributed by atoms with E-state index in [-0.39, 0.29) is 29.4 Å². The Morgan fingerprint density at radius 2 is 1.76 bits per heavy atom. The molecule has 10 heteroatoms. The Morgan fingerprint density at radius 1 is 1.08 bits per heavy atom. The molecule has 0 radical (unpaired) electrons. The van der Waals surface area contributed by atoms with E-state index in [4.69, 9.17) is 4.74 Å². The SMILES string of the molecule is CN(C)C1C(=O)C(C(=O)NC2CC3CCC(C2)N3CCCOC(=O)N2CCN(O)CC2)=Cc2ccccc21. The predicted octanol–water partition coefficient (Wildman–Crippen LogP) is 1.90. The summed E-state index contributed by atoms with van der Waals surface area (Å²) >= 11 is 0. The summed E-state index contributed by atoms with van der Waals surface area (Å²) < 4.78 is 5.46. The fourth-order valence-electron chi connectivity index (χ4n) is 6.49. The summed E-state index contributed by atoms with van der Waals surface area (Å²) in [6.07, 6.45) is 6.11. The summed E-state index contributed by atoms with van der Waals surface area (Å²) in [6, 6.07) is 8.13. The van der Waals surface area contributed by atoms with Crippen LogP contribution >= 0.6 is 0 Å². The Bertz CT molecular complexity index is 1070. The maximum absolute atomic E-state index is 13.3. The first-order valence-corrected chi connectivity index (χ1v) is 13.7. The maximum Gasteiger partial charge on any atom is 0.409 e. The number of hydrogen-bond acceptors (Lipinski definition) is 8. The molecule has 0 saturated carbocycles. The molecule has 4 aliphatic rings. The first kappa shape index (κ1) is 26.8. The Kier molecular flexibility index (Phi) is 8.13. The van der Waals surface area contributed by atoms with Gasteiger partial charge in [0.2, 0.25) is 0 Å². The van der Waals surface area contributed by atoms with E-state index in [0.717, 1.165) is 49.8 Å². The number of benzene rings is 1. The van der Waals surface area contributed by atoms with Crippen LogP contribution in [0.2, 0.25) is 0 Å². The molecule has 1 aromatic carbocycles. The van der Waals surface area contributed by atoms with Gasteiger partial charge in [0.1, 0.15) is 0 Å². The highest BCUT2D eigenvalue weighted by molar-refractivity contribution is 6.25. The molecular weight excluding hydrogens is 486 g/mol. The molecule has 3 unspecified atom stereocenters. The highest BCUT2D eigenvalue weighted by atomic mass is 16.6. The van der Waals surface area contributed by atoms with Gasteiger partial charge in [-0.2, -0.15) is 5.06 Å². The molecule has 2 N–H and O–H groups in total. The van der Waals surface area contributed by atoms with E-state index in [0.29, 0.717) is 44.9 Å². The minimum absolute atomic E-state index is 0.0444. The molecule has 5 rings (SSSR count). The van der Waals surface area contributed by atoms with Crippen LogP contribution in [0.1, 0.15) is 49.3 Å². The van der Waals surface area contributed by atoms with Gasteiger partial charge in [-0.25, -0.2) is 4.79 Å². The highest BCUT2D eigenvalue weighted by Gasteiger charge is 2.42. The van der Waals surface area contributed by atoms with Crippen molar-refractivity contribution in [1.29, 1.82) is 0 Å². The number of nitrogens with zero attached hydrogens (tertiary/aromatic N) is 4. The number of hydroxylamine groups is 2. The molecule has 3 fully saturated rings. The third-order valence-corrected chi connectivity index (χ3v) is 8.39. The van der Waals surface area contributed by atoms with E-state index in [9.17, 15) is 19.6 Å². The van der Waals surface area contributed by atoms with Gasteiger partial charge in [0, 0.05) is 50.8 Å². The van der Waals surface area contributed by atoms with E-state index < -0.39 is 6.04 Å². The molecule has 2 amide bonds. The van der Waals surface area contributed by atoms with Gasteiger partial charge in [-0.05, 0) is 63.4 Å². The number of piperazine rings is 1. The lowest BCUT2D eigenvalue weighted by atomic mass is 9.85. The van der Waals surface area contributed by atoms with Gasteiger partial charge in [-0.15, -0.1) is 0 Å². The summed E-state index contributed by atoms with van der Waals surface area (Å²) in [5.74, 6) is -0.428. The first-order valence-electron chi connectivity index (χ1n) is 13.7. The smallest absolute Gasteiger partial charge is 0.409 e. The van der Waals surface area contributed by atoms with Crippen LogP contribution in [-0.2, 0) is 14.3 Å². The Labute approximate surface area is 224 Å². The average Bonchev–Trinajstić information content (AvgIpc) is 3.13. The molecule has 38 heavy (non-hydrogen) atoms. The Morgan fingerprint density at radius 3 is 2.45 bits per heavy atom. The van der Waals surface area contributed by atoms with Gasteiger partial charge in [0.05, 0.1) is 18.2 Å². The summed E-state index contributed by atoms with van der Waals surface area (Å²) in [5, 5.41) is 13.8. The predicted molar refractivity (Wildman–Crippen MR) is 141 cm³/mol. The van der Waals surface area contributed by atoms with Crippen molar-refractivity contribution in [3.8, 4) is 0 Å². The molecule has 0 aromatic heterocycles. The molecule has 0 spiro atoms. The molecule has 3 heterocycles. The minimum atomic E-state index is -0.455. The molecule has 3 saturated heterocycles. The van der Waals surface area contributed by atoms with Crippen molar-refractivity contribution in [2.75, 3.05) is 53.4 Å². The van der Waals surface area contributed by atoms with Gasteiger partial charge in [-0.3, -0.25) is 19.4 Å². The monoisotopic (exact) mass is 525 g/mol. The molecule has 10 nitrogen and oxygen atoms in total. The fourth-order valence-corrected chi connectivity index (χ4v) is 6.49. The molecule has 206 valence electrons. The van der Waals surface area contributed by atoms with Crippen molar-refractivity contribution in [1.82, 2.24) is 25.1 Å². The number of rotatable bonds is 7. The summed E-state index contributed by atoms with van der Waals surface area (Å²) in [7, 11) is 3.73.